The zero-order valence-electron chi connectivity index (χ0n) is 14.0. The van der Waals surface area contributed by atoms with Crippen LogP contribution in [0.4, 0.5) is 0 Å². The normalized spacial score (nSPS) is 29.0. The number of likely N-dealkylation sites (tertiary alicyclic amines) is 1. The zero-order valence-corrected chi connectivity index (χ0v) is 14.0. The molecule has 1 amide bonds. The molecule has 120 valence electrons. The van der Waals surface area contributed by atoms with E-state index in [2.05, 4.69) is 27.7 Å². The van der Waals surface area contributed by atoms with Gasteiger partial charge in [0.25, 0.3) is 0 Å². The van der Waals surface area contributed by atoms with Gasteiger partial charge in [0.15, 0.2) is 0 Å². The monoisotopic (exact) mass is 295 g/mol. The Morgan fingerprint density at radius 2 is 1.81 bits per heavy atom. The van der Waals surface area contributed by atoms with Gasteiger partial charge in [0.05, 0.1) is 0 Å². The van der Waals surface area contributed by atoms with E-state index >= 15 is 0 Å². The van der Waals surface area contributed by atoms with Gasteiger partial charge in [0.1, 0.15) is 0 Å². The quantitative estimate of drug-likeness (QED) is 0.867. The van der Waals surface area contributed by atoms with Crippen molar-refractivity contribution in [1.82, 2.24) is 4.90 Å². The number of carboxylic acid groups (broad SMARTS) is 1. The third-order valence-electron chi connectivity index (χ3n) is 6.34. The van der Waals surface area contributed by atoms with Crippen LogP contribution in [0, 0.1) is 28.6 Å². The minimum absolute atomic E-state index is 0.0731. The summed E-state index contributed by atoms with van der Waals surface area (Å²) in [5.41, 5.74) is 0.146. The molecule has 2 atom stereocenters. The van der Waals surface area contributed by atoms with Crippen LogP contribution in [0.3, 0.4) is 0 Å². The maximum Gasteiger partial charge on any atom is 0.303 e. The SMILES string of the molecule is CC(CC(=O)O)C1CCCN(C(=O)C2C(C)(C)C2(C)C)C1. The van der Waals surface area contributed by atoms with E-state index < -0.39 is 5.97 Å². The molecule has 0 spiro atoms. The van der Waals surface area contributed by atoms with Gasteiger partial charge in [-0.15, -0.1) is 0 Å². The zero-order chi connectivity index (χ0) is 16.0. The number of carboxylic acids is 1. The summed E-state index contributed by atoms with van der Waals surface area (Å²) in [6.07, 6.45) is 2.23. The number of carbonyl (C=O) groups is 2. The van der Waals surface area contributed by atoms with E-state index in [-0.39, 0.29) is 35.0 Å². The summed E-state index contributed by atoms with van der Waals surface area (Å²) in [7, 11) is 0. The van der Waals surface area contributed by atoms with Gasteiger partial charge < -0.3 is 10.0 Å². The largest absolute Gasteiger partial charge is 0.481 e. The molecule has 0 radical (unpaired) electrons. The Kier molecular flexibility index (Phi) is 4.11. The molecular formula is C17H29NO3. The Bertz CT molecular complexity index is 427. The lowest BCUT2D eigenvalue weighted by atomic mass is 9.84. The van der Waals surface area contributed by atoms with E-state index in [4.69, 9.17) is 5.11 Å². The Labute approximate surface area is 127 Å². The first-order valence-corrected chi connectivity index (χ1v) is 8.09. The van der Waals surface area contributed by atoms with Crippen LogP contribution in [0.25, 0.3) is 0 Å². The summed E-state index contributed by atoms with van der Waals surface area (Å²) in [5, 5.41) is 8.94. The summed E-state index contributed by atoms with van der Waals surface area (Å²) in [6.45, 7) is 12.2. The highest BCUT2D eigenvalue weighted by atomic mass is 16.4. The Hall–Kier alpha value is -1.06. The Balaban J connectivity index is 1.99. The molecule has 0 aromatic rings. The molecule has 21 heavy (non-hydrogen) atoms. The molecule has 1 saturated carbocycles. The molecule has 1 saturated heterocycles. The minimum atomic E-state index is -0.740. The van der Waals surface area contributed by atoms with Gasteiger partial charge in [0, 0.05) is 25.4 Å². The van der Waals surface area contributed by atoms with Crippen LogP contribution in [0.1, 0.15) is 53.9 Å². The molecule has 1 aliphatic carbocycles. The summed E-state index contributed by atoms with van der Waals surface area (Å²) < 4.78 is 0. The van der Waals surface area contributed by atoms with Crippen LogP contribution >= 0.6 is 0 Å². The van der Waals surface area contributed by atoms with E-state index in [1.54, 1.807) is 0 Å². The number of amides is 1. The highest BCUT2D eigenvalue weighted by Gasteiger charge is 2.68. The average Bonchev–Trinajstić information content (AvgIpc) is 2.78. The number of carbonyl (C=O) groups excluding carboxylic acids is 1. The first-order chi connectivity index (χ1) is 9.59. The lowest BCUT2D eigenvalue weighted by Gasteiger charge is -2.36. The summed E-state index contributed by atoms with van der Waals surface area (Å²) in [4.78, 5) is 25.7. The second-order valence-electron chi connectivity index (χ2n) is 8.14. The number of aliphatic carboxylic acids is 1. The van der Waals surface area contributed by atoms with Gasteiger partial charge in [-0.3, -0.25) is 9.59 Å². The van der Waals surface area contributed by atoms with Crippen molar-refractivity contribution in [2.75, 3.05) is 13.1 Å². The van der Waals surface area contributed by atoms with E-state index in [1.165, 1.54) is 0 Å². The fourth-order valence-electron chi connectivity index (χ4n) is 4.11. The van der Waals surface area contributed by atoms with E-state index in [9.17, 15) is 9.59 Å². The molecule has 4 heteroatoms. The van der Waals surface area contributed by atoms with Crippen molar-refractivity contribution in [1.29, 1.82) is 0 Å². The van der Waals surface area contributed by atoms with E-state index in [0.717, 1.165) is 25.9 Å². The lowest BCUT2D eigenvalue weighted by molar-refractivity contribution is -0.139. The van der Waals surface area contributed by atoms with Crippen LogP contribution in [0.5, 0.6) is 0 Å². The van der Waals surface area contributed by atoms with Gasteiger partial charge in [-0.05, 0) is 35.5 Å². The number of hydrogen-bond donors (Lipinski definition) is 1. The van der Waals surface area contributed by atoms with Gasteiger partial charge in [0.2, 0.25) is 5.91 Å². The highest BCUT2D eigenvalue weighted by Crippen LogP contribution is 2.68. The smallest absolute Gasteiger partial charge is 0.303 e. The first kappa shape index (κ1) is 16.3. The van der Waals surface area contributed by atoms with Crippen molar-refractivity contribution in [3.05, 3.63) is 0 Å². The highest BCUT2D eigenvalue weighted by molar-refractivity contribution is 5.84. The van der Waals surface area contributed by atoms with Crippen LogP contribution in [0.15, 0.2) is 0 Å². The predicted molar refractivity (Wildman–Crippen MR) is 81.8 cm³/mol. The number of rotatable bonds is 4. The molecule has 2 fully saturated rings. The Morgan fingerprint density at radius 1 is 1.24 bits per heavy atom. The van der Waals surface area contributed by atoms with E-state index in [0.29, 0.717) is 5.92 Å². The van der Waals surface area contributed by atoms with Crippen LogP contribution in [-0.2, 0) is 9.59 Å². The van der Waals surface area contributed by atoms with Gasteiger partial charge in [-0.1, -0.05) is 34.6 Å². The number of nitrogens with zero attached hydrogens (tertiary/aromatic N) is 1. The molecule has 2 rings (SSSR count). The van der Waals surface area contributed by atoms with Crippen molar-refractivity contribution < 1.29 is 14.7 Å². The number of hydrogen-bond acceptors (Lipinski definition) is 2. The molecule has 2 unspecified atom stereocenters. The van der Waals surface area contributed by atoms with E-state index in [1.807, 2.05) is 11.8 Å². The third-order valence-corrected chi connectivity index (χ3v) is 6.34. The van der Waals surface area contributed by atoms with Crippen molar-refractivity contribution in [2.24, 2.45) is 28.6 Å². The van der Waals surface area contributed by atoms with Crippen molar-refractivity contribution in [3.8, 4) is 0 Å². The molecule has 1 aliphatic heterocycles. The average molecular weight is 295 g/mol. The second-order valence-corrected chi connectivity index (χ2v) is 8.14. The molecule has 4 nitrogen and oxygen atoms in total. The standard InChI is InChI=1S/C17H29NO3/c1-11(9-13(19)20)12-7-6-8-18(10-12)15(21)14-16(2,3)17(14,4)5/h11-12,14H,6-10H2,1-5H3,(H,19,20). The predicted octanol–water partition coefficient (Wildman–Crippen LogP) is 3.02. The van der Waals surface area contributed by atoms with Gasteiger partial charge >= 0.3 is 5.97 Å². The van der Waals surface area contributed by atoms with Crippen molar-refractivity contribution in [2.45, 2.75) is 53.9 Å². The lowest BCUT2D eigenvalue weighted by Crippen LogP contribution is -2.43. The van der Waals surface area contributed by atoms with Crippen LogP contribution in [0.2, 0.25) is 0 Å². The third kappa shape index (κ3) is 2.82. The summed E-state index contributed by atoms with van der Waals surface area (Å²) in [5.74, 6) is 0.105. The molecule has 0 aromatic heterocycles. The summed E-state index contributed by atoms with van der Waals surface area (Å²) >= 11 is 0. The minimum Gasteiger partial charge on any atom is -0.481 e. The topological polar surface area (TPSA) is 57.6 Å². The number of piperidine rings is 1. The fourth-order valence-corrected chi connectivity index (χ4v) is 4.11. The first-order valence-electron chi connectivity index (χ1n) is 8.09. The molecular weight excluding hydrogens is 266 g/mol. The van der Waals surface area contributed by atoms with Crippen molar-refractivity contribution >= 4 is 11.9 Å². The maximum absolute atomic E-state index is 12.8. The van der Waals surface area contributed by atoms with Crippen LogP contribution in [-0.4, -0.2) is 35.0 Å². The second kappa shape index (κ2) is 5.29. The molecule has 1 N–H and O–H groups in total. The van der Waals surface area contributed by atoms with Gasteiger partial charge in [-0.25, -0.2) is 0 Å². The molecule has 2 aliphatic rings. The molecule has 0 aromatic carbocycles. The fraction of sp³-hybridized carbons (Fsp3) is 0.882. The molecule has 1 heterocycles. The maximum atomic E-state index is 12.8. The Morgan fingerprint density at radius 3 is 2.29 bits per heavy atom. The summed E-state index contributed by atoms with van der Waals surface area (Å²) in [6, 6.07) is 0. The van der Waals surface area contributed by atoms with Crippen LogP contribution < -0.4 is 0 Å². The molecule has 0 bridgehead atoms. The van der Waals surface area contributed by atoms with Crippen molar-refractivity contribution in [3.63, 3.8) is 0 Å². The van der Waals surface area contributed by atoms with Gasteiger partial charge in [-0.2, -0.15) is 0 Å².